The van der Waals surface area contributed by atoms with Gasteiger partial charge in [0.2, 0.25) is 5.91 Å². The van der Waals surface area contributed by atoms with E-state index < -0.39 is 5.54 Å². The average Bonchev–Trinajstić information content (AvgIpc) is 2.59. The molecule has 0 bridgehead atoms. The lowest BCUT2D eigenvalue weighted by Gasteiger charge is -2.42. The lowest BCUT2D eigenvalue weighted by molar-refractivity contribution is -0.133. The van der Waals surface area contributed by atoms with Gasteiger partial charge in [-0.25, -0.2) is 0 Å². The first-order valence-corrected chi connectivity index (χ1v) is 8.96. The molecule has 26 heavy (non-hydrogen) atoms. The van der Waals surface area contributed by atoms with E-state index in [1.165, 1.54) is 0 Å². The third-order valence-electron chi connectivity index (χ3n) is 4.33. The Morgan fingerprint density at radius 3 is 2.46 bits per heavy atom. The number of carbonyl (C=O) groups is 2. The number of amides is 2. The maximum Gasteiger partial charge on any atom is 0.255 e. The molecule has 1 saturated heterocycles. The fourth-order valence-electron chi connectivity index (χ4n) is 2.88. The second-order valence-electron chi connectivity index (χ2n) is 6.41. The molecule has 2 aromatic rings. The Balaban J connectivity index is 1.70. The number of hydrogen-bond acceptors (Lipinski definition) is 3. The molecule has 1 fully saturated rings. The molecule has 136 valence electrons. The number of benzene rings is 2. The molecule has 0 aromatic heterocycles. The second kappa shape index (κ2) is 7.89. The third-order valence-corrected chi connectivity index (χ3v) is 4.57. The number of halogens is 1. The summed E-state index contributed by atoms with van der Waals surface area (Å²) in [4.78, 5) is 24.3. The number of anilines is 1. The van der Waals surface area contributed by atoms with Gasteiger partial charge in [0.15, 0.2) is 0 Å². The molecule has 1 aliphatic heterocycles. The fraction of sp³-hybridized carbons (Fsp3) is 0.300. The summed E-state index contributed by atoms with van der Waals surface area (Å²) in [6.45, 7) is 2.88. The van der Waals surface area contributed by atoms with Crippen molar-refractivity contribution in [2.24, 2.45) is 0 Å². The zero-order valence-corrected chi connectivity index (χ0v) is 15.3. The minimum absolute atomic E-state index is 0.0223. The quantitative estimate of drug-likeness (QED) is 0.811. The fourth-order valence-corrected chi connectivity index (χ4v) is 3.07. The van der Waals surface area contributed by atoms with Crippen LogP contribution in [0.2, 0.25) is 5.02 Å². The molecule has 2 amide bonds. The molecule has 2 N–H and O–H groups in total. The summed E-state index contributed by atoms with van der Waals surface area (Å²) in [5.41, 5.74) is 1.67. The Hall–Kier alpha value is -2.37. The van der Waals surface area contributed by atoms with Crippen molar-refractivity contribution in [3.8, 4) is 0 Å². The standard InChI is InChI=1S/C20H21ClN2O3/c1-2-4-18(24)23-20(12-26-13-20)15-7-9-17(10-8-15)22-19(25)14-5-3-6-16(21)11-14/h3,5-11H,2,4,12-13H2,1H3,(H,22,25)(H,23,24). The third kappa shape index (κ3) is 4.06. The molecule has 0 spiro atoms. The average molecular weight is 373 g/mol. The molecule has 2 aromatic carbocycles. The largest absolute Gasteiger partial charge is 0.376 e. The zero-order valence-electron chi connectivity index (χ0n) is 14.5. The molecular weight excluding hydrogens is 352 g/mol. The van der Waals surface area contributed by atoms with E-state index in [1.54, 1.807) is 24.3 Å². The van der Waals surface area contributed by atoms with Crippen LogP contribution in [-0.2, 0) is 15.1 Å². The van der Waals surface area contributed by atoms with Crippen LogP contribution in [0.1, 0.15) is 35.7 Å². The lowest BCUT2D eigenvalue weighted by atomic mass is 9.87. The van der Waals surface area contributed by atoms with Crippen LogP contribution in [0.25, 0.3) is 0 Å². The van der Waals surface area contributed by atoms with Crippen LogP contribution < -0.4 is 10.6 Å². The van der Waals surface area contributed by atoms with Gasteiger partial charge in [-0.1, -0.05) is 36.7 Å². The van der Waals surface area contributed by atoms with E-state index in [4.69, 9.17) is 16.3 Å². The van der Waals surface area contributed by atoms with E-state index in [1.807, 2.05) is 31.2 Å². The van der Waals surface area contributed by atoms with Gasteiger partial charge in [-0.3, -0.25) is 9.59 Å². The Morgan fingerprint density at radius 1 is 1.15 bits per heavy atom. The van der Waals surface area contributed by atoms with Crippen molar-refractivity contribution in [2.45, 2.75) is 25.3 Å². The summed E-state index contributed by atoms with van der Waals surface area (Å²) in [6.07, 6.45) is 1.30. The van der Waals surface area contributed by atoms with Crippen molar-refractivity contribution in [3.05, 3.63) is 64.7 Å². The first-order valence-electron chi connectivity index (χ1n) is 8.59. The highest BCUT2D eigenvalue weighted by Gasteiger charge is 2.41. The van der Waals surface area contributed by atoms with Gasteiger partial charge >= 0.3 is 0 Å². The van der Waals surface area contributed by atoms with Crippen LogP contribution in [0.4, 0.5) is 5.69 Å². The summed E-state index contributed by atoms with van der Waals surface area (Å²) >= 11 is 5.92. The number of carbonyl (C=O) groups excluding carboxylic acids is 2. The predicted molar refractivity (Wildman–Crippen MR) is 101 cm³/mol. The van der Waals surface area contributed by atoms with Crippen LogP contribution in [-0.4, -0.2) is 25.0 Å². The van der Waals surface area contributed by atoms with Gasteiger partial charge in [-0.05, 0) is 42.3 Å². The minimum atomic E-state index is -0.470. The maximum absolute atomic E-state index is 12.3. The molecule has 5 nitrogen and oxygen atoms in total. The van der Waals surface area contributed by atoms with Crippen molar-refractivity contribution in [3.63, 3.8) is 0 Å². The SMILES string of the molecule is CCCC(=O)NC1(c2ccc(NC(=O)c3cccc(Cl)c3)cc2)COC1. The van der Waals surface area contributed by atoms with Crippen LogP contribution in [0, 0.1) is 0 Å². The first kappa shape index (κ1) is 18.4. The molecule has 1 aliphatic rings. The normalized spacial score (nSPS) is 15.0. The van der Waals surface area contributed by atoms with Crippen molar-refractivity contribution < 1.29 is 14.3 Å². The summed E-state index contributed by atoms with van der Waals surface area (Å²) in [6, 6.07) is 14.2. The van der Waals surface area contributed by atoms with Crippen LogP contribution in [0.15, 0.2) is 48.5 Å². The van der Waals surface area contributed by atoms with Crippen molar-refractivity contribution in [1.29, 1.82) is 0 Å². The highest BCUT2D eigenvalue weighted by Crippen LogP contribution is 2.30. The van der Waals surface area contributed by atoms with E-state index in [0.29, 0.717) is 35.9 Å². The number of hydrogen-bond donors (Lipinski definition) is 2. The highest BCUT2D eigenvalue weighted by atomic mass is 35.5. The molecule has 6 heteroatoms. The second-order valence-corrected chi connectivity index (χ2v) is 6.85. The summed E-state index contributed by atoms with van der Waals surface area (Å²) in [5, 5.41) is 6.43. The predicted octanol–water partition coefficient (Wildman–Crippen LogP) is 3.73. The van der Waals surface area contributed by atoms with Crippen molar-refractivity contribution >= 4 is 29.1 Å². The molecule has 0 aliphatic carbocycles. The van der Waals surface area contributed by atoms with Crippen LogP contribution in [0.5, 0.6) is 0 Å². The summed E-state index contributed by atoms with van der Waals surface area (Å²) in [7, 11) is 0. The number of rotatable bonds is 6. The zero-order chi connectivity index (χ0) is 18.6. The monoisotopic (exact) mass is 372 g/mol. The number of nitrogens with one attached hydrogen (secondary N) is 2. The molecule has 0 saturated carbocycles. The van der Waals surface area contributed by atoms with Gasteiger partial charge in [0.05, 0.1) is 13.2 Å². The first-order chi connectivity index (χ1) is 12.5. The topological polar surface area (TPSA) is 67.4 Å². The van der Waals surface area contributed by atoms with E-state index >= 15 is 0 Å². The van der Waals surface area contributed by atoms with Gasteiger partial charge < -0.3 is 15.4 Å². The van der Waals surface area contributed by atoms with E-state index in [9.17, 15) is 9.59 Å². The Morgan fingerprint density at radius 2 is 1.88 bits per heavy atom. The summed E-state index contributed by atoms with van der Waals surface area (Å²) in [5.74, 6) is -0.202. The van der Waals surface area contributed by atoms with E-state index in [2.05, 4.69) is 10.6 Å². The van der Waals surface area contributed by atoms with Crippen LogP contribution in [0.3, 0.4) is 0 Å². The Kier molecular flexibility index (Phi) is 5.59. The van der Waals surface area contributed by atoms with E-state index in [0.717, 1.165) is 12.0 Å². The summed E-state index contributed by atoms with van der Waals surface area (Å²) < 4.78 is 5.34. The molecule has 0 unspecified atom stereocenters. The highest BCUT2D eigenvalue weighted by molar-refractivity contribution is 6.31. The number of ether oxygens (including phenoxy) is 1. The van der Waals surface area contributed by atoms with Gasteiger partial charge in [0.25, 0.3) is 5.91 Å². The minimum Gasteiger partial charge on any atom is -0.376 e. The maximum atomic E-state index is 12.3. The molecule has 1 heterocycles. The molecule has 3 rings (SSSR count). The van der Waals surface area contributed by atoms with Gasteiger partial charge in [-0.15, -0.1) is 0 Å². The van der Waals surface area contributed by atoms with Crippen molar-refractivity contribution in [1.82, 2.24) is 5.32 Å². The molecule has 0 atom stereocenters. The smallest absolute Gasteiger partial charge is 0.255 e. The lowest BCUT2D eigenvalue weighted by Crippen LogP contribution is -2.59. The molecular formula is C20H21ClN2O3. The van der Waals surface area contributed by atoms with Crippen LogP contribution >= 0.6 is 11.6 Å². The van der Waals surface area contributed by atoms with Gasteiger partial charge in [0, 0.05) is 22.7 Å². The van der Waals surface area contributed by atoms with Gasteiger partial charge in [-0.2, -0.15) is 0 Å². The molecule has 0 radical (unpaired) electrons. The van der Waals surface area contributed by atoms with Gasteiger partial charge in [0.1, 0.15) is 5.54 Å². The Bertz CT molecular complexity index is 801. The Labute approximate surface area is 157 Å². The van der Waals surface area contributed by atoms with E-state index in [-0.39, 0.29) is 11.8 Å². The van der Waals surface area contributed by atoms with Crippen molar-refractivity contribution in [2.75, 3.05) is 18.5 Å².